The number of likely N-dealkylation sites (tertiary alicyclic amines) is 1. The fourth-order valence-corrected chi connectivity index (χ4v) is 6.24. The maximum atomic E-state index is 14.0. The number of hydrogen-bond acceptors (Lipinski definition) is 5. The molecule has 0 aromatic heterocycles. The summed E-state index contributed by atoms with van der Waals surface area (Å²) in [4.78, 5) is 56.7. The average Bonchev–Trinajstić information content (AvgIpc) is 3.45. The third kappa shape index (κ3) is 3.12. The van der Waals surface area contributed by atoms with Crippen LogP contribution in [0.3, 0.4) is 0 Å². The van der Waals surface area contributed by atoms with Crippen LogP contribution in [0, 0.1) is 11.8 Å². The predicted octanol–water partition coefficient (Wildman–Crippen LogP) is 4.57. The van der Waals surface area contributed by atoms with Crippen molar-refractivity contribution in [3.8, 4) is 0 Å². The van der Waals surface area contributed by atoms with Crippen molar-refractivity contribution in [1.82, 2.24) is 4.90 Å². The Balaban J connectivity index is 1.46. The summed E-state index contributed by atoms with van der Waals surface area (Å²) < 4.78 is 7.15. The van der Waals surface area contributed by atoms with Crippen LogP contribution in [0.1, 0.15) is 44.9 Å². The van der Waals surface area contributed by atoms with E-state index in [1.54, 1.807) is 36.4 Å². The zero-order valence-corrected chi connectivity index (χ0v) is 21.0. The summed E-state index contributed by atoms with van der Waals surface area (Å²) >= 11 is 3.41. The van der Waals surface area contributed by atoms with Gasteiger partial charge in [0.1, 0.15) is 0 Å². The molecule has 2 fully saturated rings. The van der Waals surface area contributed by atoms with Gasteiger partial charge in [-0.3, -0.25) is 24.1 Å². The zero-order valence-electron chi connectivity index (χ0n) is 19.4. The second-order valence-electron chi connectivity index (χ2n) is 9.62. The standard InChI is InChI=1S/C29H22BrNO5/c1-16(15-17-7-3-2-4-8-17)31-27(34)22-23(28(31)35)29(36-24(22)18-11-13-19(30)14-12-18)25(32)20-9-5-6-10-21(20)26(29)33/h2-14,16,22-24H,15H2,1H3/t16-,22+,23+,24-/m1/s1. The van der Waals surface area contributed by atoms with Crippen LogP contribution in [-0.2, 0) is 20.7 Å². The molecular formula is C29H22BrNO5. The molecule has 2 heterocycles. The maximum absolute atomic E-state index is 14.0. The maximum Gasteiger partial charge on any atom is 0.237 e. The molecule has 2 aliphatic heterocycles. The van der Waals surface area contributed by atoms with E-state index in [2.05, 4.69) is 15.9 Å². The summed E-state index contributed by atoms with van der Waals surface area (Å²) in [5.74, 6) is -4.21. The number of nitrogens with zero attached hydrogens (tertiary/aromatic N) is 1. The molecule has 36 heavy (non-hydrogen) atoms. The van der Waals surface area contributed by atoms with Crippen LogP contribution in [0.2, 0.25) is 0 Å². The average molecular weight is 544 g/mol. The van der Waals surface area contributed by atoms with E-state index in [0.29, 0.717) is 12.0 Å². The van der Waals surface area contributed by atoms with Crippen LogP contribution in [0.25, 0.3) is 0 Å². The van der Waals surface area contributed by atoms with Crippen molar-refractivity contribution in [3.63, 3.8) is 0 Å². The molecule has 0 radical (unpaired) electrons. The summed E-state index contributed by atoms with van der Waals surface area (Å²) in [5.41, 5.74) is 0.0430. The molecule has 3 aromatic carbocycles. The number of carbonyl (C=O) groups excluding carboxylic acids is 4. The van der Waals surface area contributed by atoms with Gasteiger partial charge in [0.25, 0.3) is 0 Å². The number of carbonyl (C=O) groups is 4. The summed E-state index contributed by atoms with van der Waals surface area (Å²) in [6.45, 7) is 1.82. The topological polar surface area (TPSA) is 80.8 Å². The first-order valence-electron chi connectivity index (χ1n) is 11.9. The molecule has 0 bridgehead atoms. The molecule has 0 saturated carbocycles. The molecule has 3 aliphatic rings. The van der Waals surface area contributed by atoms with Crippen LogP contribution in [0.5, 0.6) is 0 Å². The smallest absolute Gasteiger partial charge is 0.237 e. The van der Waals surface area contributed by atoms with Crippen molar-refractivity contribution in [2.75, 3.05) is 0 Å². The zero-order chi connectivity index (χ0) is 25.2. The lowest BCUT2D eigenvalue weighted by Crippen LogP contribution is -2.52. The summed E-state index contributed by atoms with van der Waals surface area (Å²) in [5, 5.41) is 0. The van der Waals surface area contributed by atoms with Crippen molar-refractivity contribution in [1.29, 1.82) is 0 Å². The van der Waals surface area contributed by atoms with Gasteiger partial charge in [-0.25, -0.2) is 0 Å². The molecule has 2 amide bonds. The molecule has 3 aromatic rings. The van der Waals surface area contributed by atoms with Crippen LogP contribution in [0.15, 0.2) is 83.3 Å². The first kappa shape index (κ1) is 23.0. The van der Waals surface area contributed by atoms with Crippen LogP contribution in [-0.4, -0.2) is 39.9 Å². The van der Waals surface area contributed by atoms with Crippen LogP contribution in [0.4, 0.5) is 0 Å². The molecular weight excluding hydrogens is 522 g/mol. The monoisotopic (exact) mass is 543 g/mol. The Morgan fingerprint density at radius 1 is 0.833 bits per heavy atom. The van der Waals surface area contributed by atoms with Gasteiger partial charge in [0, 0.05) is 21.6 Å². The quantitative estimate of drug-likeness (QED) is 0.355. The summed E-state index contributed by atoms with van der Waals surface area (Å²) in [6, 6.07) is 22.9. The van der Waals surface area contributed by atoms with Crippen molar-refractivity contribution < 1.29 is 23.9 Å². The van der Waals surface area contributed by atoms with E-state index in [9.17, 15) is 19.2 Å². The number of ketones is 2. The normalized spacial score (nSPS) is 24.9. The number of amides is 2. The lowest BCUT2D eigenvalue weighted by Gasteiger charge is -2.29. The van der Waals surface area contributed by atoms with Gasteiger partial charge in [0.05, 0.1) is 17.9 Å². The molecule has 180 valence electrons. The molecule has 0 unspecified atom stereocenters. The SMILES string of the molecule is C[C@H](Cc1ccccc1)N1C(=O)[C@@H]2[C@@H](c3ccc(Br)cc3)OC3(C(=O)c4ccccc4C3=O)[C@@H]2C1=O. The highest BCUT2D eigenvalue weighted by molar-refractivity contribution is 9.10. The van der Waals surface area contributed by atoms with Gasteiger partial charge in [-0.2, -0.15) is 0 Å². The Labute approximate surface area is 216 Å². The van der Waals surface area contributed by atoms with E-state index in [-0.39, 0.29) is 11.1 Å². The van der Waals surface area contributed by atoms with Gasteiger partial charge < -0.3 is 4.74 Å². The Bertz CT molecular complexity index is 1380. The fourth-order valence-electron chi connectivity index (χ4n) is 5.97. The number of hydrogen-bond donors (Lipinski definition) is 0. The van der Waals surface area contributed by atoms with E-state index in [1.807, 2.05) is 49.4 Å². The number of halogens is 1. The summed E-state index contributed by atoms with van der Waals surface area (Å²) in [6.07, 6.45) is -0.438. The minimum Gasteiger partial charge on any atom is -0.349 e. The highest BCUT2D eigenvalue weighted by atomic mass is 79.9. The molecule has 4 atom stereocenters. The Hall–Kier alpha value is -3.42. The number of imide groups is 1. The van der Waals surface area contributed by atoms with E-state index >= 15 is 0 Å². The fraction of sp³-hybridized carbons (Fsp3) is 0.241. The molecule has 1 aliphatic carbocycles. The minimum absolute atomic E-state index is 0.230. The van der Waals surface area contributed by atoms with Crippen LogP contribution >= 0.6 is 15.9 Å². The molecule has 0 N–H and O–H groups in total. The first-order chi connectivity index (χ1) is 17.3. The third-order valence-corrected chi connectivity index (χ3v) is 8.10. The van der Waals surface area contributed by atoms with Crippen molar-refractivity contribution in [2.45, 2.75) is 31.1 Å². The number of Topliss-reactive ketones (excluding diaryl/α,β-unsaturated/α-hetero) is 2. The third-order valence-electron chi connectivity index (χ3n) is 7.57. The van der Waals surface area contributed by atoms with Gasteiger partial charge in [-0.1, -0.05) is 82.7 Å². The number of rotatable bonds is 4. The second kappa shape index (κ2) is 8.32. The molecule has 1 spiro atoms. The van der Waals surface area contributed by atoms with Gasteiger partial charge in [0.2, 0.25) is 29.0 Å². The second-order valence-corrected chi connectivity index (χ2v) is 10.5. The minimum atomic E-state index is -2.04. The van der Waals surface area contributed by atoms with Gasteiger partial charge in [-0.05, 0) is 36.6 Å². The first-order valence-corrected chi connectivity index (χ1v) is 12.7. The lowest BCUT2D eigenvalue weighted by atomic mass is 9.77. The van der Waals surface area contributed by atoms with Crippen molar-refractivity contribution >= 4 is 39.3 Å². The van der Waals surface area contributed by atoms with Crippen molar-refractivity contribution in [2.24, 2.45) is 11.8 Å². The molecule has 2 saturated heterocycles. The Kier molecular flexibility index (Phi) is 5.32. The predicted molar refractivity (Wildman–Crippen MR) is 134 cm³/mol. The highest BCUT2D eigenvalue weighted by Gasteiger charge is 2.74. The lowest BCUT2D eigenvalue weighted by molar-refractivity contribution is -0.147. The van der Waals surface area contributed by atoms with Gasteiger partial charge in [0.15, 0.2) is 0 Å². The number of ether oxygens (including phenoxy) is 1. The Morgan fingerprint density at radius 2 is 1.42 bits per heavy atom. The largest absolute Gasteiger partial charge is 0.349 e. The highest BCUT2D eigenvalue weighted by Crippen LogP contribution is 2.57. The molecule has 6 rings (SSSR count). The Morgan fingerprint density at radius 3 is 2.03 bits per heavy atom. The van der Waals surface area contributed by atoms with E-state index in [0.717, 1.165) is 10.0 Å². The molecule has 6 nitrogen and oxygen atoms in total. The van der Waals surface area contributed by atoms with E-state index < -0.39 is 53.0 Å². The van der Waals surface area contributed by atoms with Crippen molar-refractivity contribution in [3.05, 3.63) is 106 Å². The van der Waals surface area contributed by atoms with Crippen LogP contribution < -0.4 is 0 Å². The summed E-state index contributed by atoms with van der Waals surface area (Å²) in [7, 11) is 0. The number of fused-ring (bicyclic) bond motifs is 3. The van der Waals surface area contributed by atoms with Gasteiger partial charge >= 0.3 is 0 Å². The van der Waals surface area contributed by atoms with Gasteiger partial charge in [-0.15, -0.1) is 0 Å². The molecule has 7 heteroatoms. The van der Waals surface area contributed by atoms with E-state index in [1.165, 1.54) is 4.90 Å². The van der Waals surface area contributed by atoms with E-state index in [4.69, 9.17) is 4.74 Å². The number of benzene rings is 3.